The topological polar surface area (TPSA) is 102 Å². The number of ether oxygens (including phenoxy) is 1. The van der Waals surface area contributed by atoms with Crippen molar-refractivity contribution in [3.63, 3.8) is 0 Å². The second-order valence-electron chi connectivity index (χ2n) is 3.65. The Labute approximate surface area is 108 Å². The number of benzene rings is 1. The van der Waals surface area contributed by atoms with Gasteiger partial charge in [-0.2, -0.15) is 10.2 Å². The average Bonchev–Trinajstić information content (AvgIpc) is 2.41. The number of nitro groups is 1. The van der Waals surface area contributed by atoms with Gasteiger partial charge < -0.3 is 4.74 Å². The van der Waals surface area contributed by atoms with Crippen molar-refractivity contribution < 1.29 is 9.66 Å². The third-order valence-electron chi connectivity index (χ3n) is 2.33. The second-order valence-corrected chi connectivity index (χ2v) is 3.65. The van der Waals surface area contributed by atoms with Crippen molar-refractivity contribution in [3.8, 4) is 17.8 Å². The summed E-state index contributed by atoms with van der Waals surface area (Å²) in [6.07, 6.45) is 1.38. The van der Waals surface area contributed by atoms with Gasteiger partial charge in [0.05, 0.1) is 11.0 Å². The summed E-state index contributed by atoms with van der Waals surface area (Å²) >= 11 is 0. The number of non-ortho nitro benzene ring substituents is 1. The number of hydrogen-bond acceptors (Lipinski definition) is 6. The molecule has 0 radical (unpaired) electrons. The van der Waals surface area contributed by atoms with Crippen LogP contribution in [0.5, 0.6) is 11.8 Å². The Morgan fingerprint density at radius 2 is 2.21 bits per heavy atom. The Morgan fingerprint density at radius 3 is 2.89 bits per heavy atom. The maximum atomic E-state index is 10.7. The van der Waals surface area contributed by atoms with Crippen LogP contribution in [0.3, 0.4) is 0 Å². The summed E-state index contributed by atoms with van der Waals surface area (Å²) in [6, 6.07) is 7.51. The van der Waals surface area contributed by atoms with E-state index >= 15 is 0 Å². The molecule has 1 aromatic heterocycles. The predicted molar refractivity (Wildman–Crippen MR) is 64.7 cm³/mol. The number of aryl methyl sites for hydroxylation is 1. The lowest BCUT2D eigenvalue weighted by Gasteiger charge is -2.06. The molecule has 2 rings (SSSR count). The zero-order valence-electron chi connectivity index (χ0n) is 9.90. The number of nitro benzene ring substituents is 1. The first kappa shape index (κ1) is 12.4. The van der Waals surface area contributed by atoms with E-state index in [0.29, 0.717) is 5.56 Å². The highest BCUT2D eigenvalue weighted by atomic mass is 16.6. The maximum Gasteiger partial charge on any atom is 0.323 e. The normalized spacial score (nSPS) is 9.68. The highest BCUT2D eigenvalue weighted by molar-refractivity contribution is 5.44. The molecule has 19 heavy (non-hydrogen) atoms. The van der Waals surface area contributed by atoms with Gasteiger partial charge in [0, 0.05) is 12.3 Å². The predicted octanol–water partition coefficient (Wildman–Crippen LogP) is 2.36. The molecule has 0 unspecified atom stereocenters. The molecule has 0 bridgehead atoms. The van der Waals surface area contributed by atoms with E-state index < -0.39 is 4.92 Å². The zero-order chi connectivity index (χ0) is 13.8. The molecule has 0 saturated carbocycles. The van der Waals surface area contributed by atoms with Crippen molar-refractivity contribution in [1.29, 1.82) is 5.26 Å². The fourth-order valence-electron chi connectivity index (χ4n) is 1.36. The number of aromatic nitrogens is 2. The third-order valence-corrected chi connectivity index (χ3v) is 2.33. The van der Waals surface area contributed by atoms with Gasteiger partial charge in [-0.1, -0.05) is 0 Å². The van der Waals surface area contributed by atoms with Crippen LogP contribution in [-0.2, 0) is 0 Å². The van der Waals surface area contributed by atoms with Crippen molar-refractivity contribution in [2.75, 3.05) is 0 Å². The number of hydrogen-bond donors (Lipinski definition) is 0. The van der Waals surface area contributed by atoms with Crippen molar-refractivity contribution in [2.45, 2.75) is 6.92 Å². The molecule has 0 spiro atoms. The Morgan fingerprint density at radius 1 is 1.42 bits per heavy atom. The molecule has 1 heterocycles. The van der Waals surface area contributed by atoms with Gasteiger partial charge in [0.2, 0.25) is 0 Å². The van der Waals surface area contributed by atoms with Crippen LogP contribution in [0.1, 0.15) is 11.3 Å². The van der Waals surface area contributed by atoms with Gasteiger partial charge in [0.15, 0.2) is 0 Å². The van der Waals surface area contributed by atoms with Crippen molar-refractivity contribution >= 4 is 5.69 Å². The molecule has 0 saturated heterocycles. The zero-order valence-corrected chi connectivity index (χ0v) is 9.90. The van der Waals surface area contributed by atoms with Crippen LogP contribution < -0.4 is 4.74 Å². The molecular weight excluding hydrogens is 248 g/mol. The fraction of sp³-hybridized carbons (Fsp3) is 0.0833. The van der Waals surface area contributed by atoms with Crippen molar-refractivity contribution in [2.24, 2.45) is 0 Å². The summed E-state index contributed by atoms with van der Waals surface area (Å²) in [5, 5.41) is 19.4. The van der Waals surface area contributed by atoms with E-state index in [1.807, 2.05) is 6.07 Å². The van der Waals surface area contributed by atoms with Crippen molar-refractivity contribution in [1.82, 2.24) is 9.97 Å². The summed E-state index contributed by atoms with van der Waals surface area (Å²) in [7, 11) is 0. The number of rotatable bonds is 3. The molecule has 0 aliphatic carbocycles. The molecule has 7 nitrogen and oxygen atoms in total. The van der Waals surface area contributed by atoms with E-state index in [-0.39, 0.29) is 23.1 Å². The smallest absolute Gasteiger partial charge is 0.323 e. The first-order chi connectivity index (χ1) is 9.10. The van der Waals surface area contributed by atoms with Gasteiger partial charge >= 0.3 is 6.01 Å². The molecule has 0 aliphatic rings. The van der Waals surface area contributed by atoms with Crippen LogP contribution in [0.4, 0.5) is 5.69 Å². The Kier molecular flexibility index (Phi) is 3.34. The maximum absolute atomic E-state index is 10.7. The largest absolute Gasteiger partial charge is 0.424 e. The Balaban J connectivity index is 2.34. The number of nitriles is 1. The molecule has 0 fully saturated rings. The lowest BCUT2D eigenvalue weighted by Crippen LogP contribution is -1.96. The molecule has 0 N–H and O–H groups in total. The summed E-state index contributed by atoms with van der Waals surface area (Å²) in [4.78, 5) is 17.9. The van der Waals surface area contributed by atoms with E-state index in [1.165, 1.54) is 24.4 Å². The minimum atomic E-state index is -0.515. The molecule has 94 valence electrons. The molecule has 0 atom stereocenters. The van der Waals surface area contributed by atoms with Crippen LogP contribution in [0.25, 0.3) is 0 Å². The van der Waals surface area contributed by atoms with Crippen LogP contribution >= 0.6 is 0 Å². The quantitative estimate of drug-likeness (QED) is 0.617. The molecular formula is C12H8N4O3. The first-order valence-electron chi connectivity index (χ1n) is 5.26. The molecule has 1 aromatic carbocycles. The van der Waals surface area contributed by atoms with Gasteiger partial charge in [-0.05, 0) is 24.6 Å². The van der Waals surface area contributed by atoms with Gasteiger partial charge in [0.25, 0.3) is 5.69 Å². The highest BCUT2D eigenvalue weighted by Crippen LogP contribution is 2.27. The molecule has 0 amide bonds. The van der Waals surface area contributed by atoms with Gasteiger partial charge in [-0.25, -0.2) is 4.98 Å². The fourth-order valence-corrected chi connectivity index (χ4v) is 1.36. The van der Waals surface area contributed by atoms with E-state index in [1.54, 1.807) is 13.0 Å². The second kappa shape index (κ2) is 5.10. The lowest BCUT2D eigenvalue weighted by atomic mass is 10.2. The molecule has 2 aromatic rings. The first-order valence-corrected chi connectivity index (χ1v) is 5.26. The monoisotopic (exact) mass is 256 g/mol. The van der Waals surface area contributed by atoms with Gasteiger partial charge in [-0.3, -0.25) is 10.1 Å². The number of nitrogens with zero attached hydrogens (tertiary/aromatic N) is 4. The lowest BCUT2D eigenvalue weighted by molar-refractivity contribution is -0.384. The Hall–Kier alpha value is -3.01. The summed E-state index contributed by atoms with van der Waals surface area (Å²) < 4.78 is 5.36. The summed E-state index contributed by atoms with van der Waals surface area (Å²) in [5.74, 6) is 0.282. The van der Waals surface area contributed by atoms with E-state index in [2.05, 4.69) is 9.97 Å². The SMILES string of the molecule is Cc1ccc([N+](=O)[O-])cc1Oc1nccc(C#N)n1. The standard InChI is InChI=1S/C12H8N4O3/c1-8-2-3-10(16(17)18)6-11(8)19-12-14-5-4-9(7-13)15-12/h2-6H,1H3. The van der Waals surface area contributed by atoms with Crippen LogP contribution in [0, 0.1) is 28.4 Å². The molecule has 0 aliphatic heterocycles. The minimum Gasteiger partial charge on any atom is -0.424 e. The average molecular weight is 256 g/mol. The minimum absolute atomic E-state index is 0.0253. The molecule has 7 heteroatoms. The van der Waals surface area contributed by atoms with Crippen LogP contribution in [0.2, 0.25) is 0 Å². The Bertz CT molecular complexity index is 679. The van der Waals surface area contributed by atoms with Crippen molar-refractivity contribution in [3.05, 3.63) is 51.8 Å². The van der Waals surface area contributed by atoms with Gasteiger partial charge in [-0.15, -0.1) is 0 Å². The van der Waals surface area contributed by atoms with Crippen LogP contribution in [0.15, 0.2) is 30.5 Å². The van der Waals surface area contributed by atoms with Crippen LogP contribution in [-0.4, -0.2) is 14.9 Å². The highest BCUT2D eigenvalue weighted by Gasteiger charge is 2.11. The van der Waals surface area contributed by atoms with Gasteiger partial charge in [0.1, 0.15) is 17.5 Å². The van der Waals surface area contributed by atoms with E-state index in [0.717, 1.165) is 0 Å². The van der Waals surface area contributed by atoms with E-state index in [9.17, 15) is 10.1 Å². The summed E-state index contributed by atoms with van der Waals surface area (Å²) in [5.41, 5.74) is 0.779. The third kappa shape index (κ3) is 2.81. The van der Waals surface area contributed by atoms with E-state index in [4.69, 9.17) is 10.00 Å². The summed E-state index contributed by atoms with van der Waals surface area (Å²) in [6.45, 7) is 1.74.